The molecule has 0 bridgehead atoms. The molecule has 94 valence electrons. The van der Waals surface area contributed by atoms with E-state index in [1.807, 2.05) is 6.92 Å². The van der Waals surface area contributed by atoms with Crippen LogP contribution in [0.1, 0.15) is 19.4 Å². The smallest absolute Gasteiger partial charge is 0.304 e. The van der Waals surface area contributed by atoms with Gasteiger partial charge in [-0.1, -0.05) is 13.0 Å². The van der Waals surface area contributed by atoms with Crippen LogP contribution >= 0.6 is 11.8 Å². The maximum atomic E-state index is 13.3. The normalized spacial score (nSPS) is 14.4. The van der Waals surface area contributed by atoms with Gasteiger partial charge in [0.2, 0.25) is 5.82 Å². The third-order valence-corrected chi connectivity index (χ3v) is 3.82. The number of aliphatic hydroxyl groups excluding tert-OH is 1. The minimum Gasteiger partial charge on any atom is -0.392 e. The van der Waals surface area contributed by atoms with Crippen LogP contribution < -0.4 is 0 Å². The van der Waals surface area contributed by atoms with Gasteiger partial charge in [0.25, 0.3) is 0 Å². The summed E-state index contributed by atoms with van der Waals surface area (Å²) in [5.41, 5.74) is 0.160. The van der Waals surface area contributed by atoms with E-state index in [1.54, 1.807) is 6.92 Å². The lowest BCUT2D eigenvalue weighted by molar-refractivity contribution is -0.387. The average molecular weight is 259 g/mol. The van der Waals surface area contributed by atoms with Gasteiger partial charge in [0, 0.05) is 17.1 Å². The van der Waals surface area contributed by atoms with Gasteiger partial charge in [0.15, 0.2) is 0 Å². The van der Waals surface area contributed by atoms with Crippen LogP contribution in [0.15, 0.2) is 18.2 Å². The molecular formula is C11H14FNO3S. The first kappa shape index (κ1) is 13.9. The van der Waals surface area contributed by atoms with Gasteiger partial charge in [0.05, 0.1) is 11.0 Å². The van der Waals surface area contributed by atoms with Crippen LogP contribution in [0.2, 0.25) is 0 Å². The SMILES string of the molecule is CC(O)C(C)SCc1ccc([N+](=O)[O-])c(F)c1. The number of hydrogen-bond acceptors (Lipinski definition) is 4. The van der Waals surface area contributed by atoms with E-state index in [4.69, 9.17) is 0 Å². The predicted molar refractivity (Wildman–Crippen MR) is 65.5 cm³/mol. The Labute approximate surface area is 103 Å². The van der Waals surface area contributed by atoms with Crippen LogP contribution in [0.5, 0.6) is 0 Å². The molecule has 6 heteroatoms. The quantitative estimate of drug-likeness (QED) is 0.652. The van der Waals surface area contributed by atoms with Crippen LogP contribution in [0.25, 0.3) is 0 Å². The number of aliphatic hydroxyl groups is 1. The van der Waals surface area contributed by atoms with E-state index in [2.05, 4.69) is 0 Å². The first-order chi connectivity index (χ1) is 7.91. The molecule has 0 fully saturated rings. The number of nitro groups is 1. The highest BCUT2D eigenvalue weighted by atomic mass is 32.2. The Bertz CT molecular complexity index is 412. The summed E-state index contributed by atoms with van der Waals surface area (Å²) in [6, 6.07) is 3.86. The summed E-state index contributed by atoms with van der Waals surface area (Å²) in [6.45, 7) is 3.56. The molecule has 0 radical (unpaired) electrons. The van der Waals surface area contributed by atoms with Gasteiger partial charge in [-0.25, -0.2) is 0 Å². The average Bonchev–Trinajstić information content (AvgIpc) is 2.25. The Morgan fingerprint density at radius 2 is 2.18 bits per heavy atom. The number of halogens is 1. The van der Waals surface area contributed by atoms with Crippen molar-refractivity contribution < 1.29 is 14.4 Å². The maximum absolute atomic E-state index is 13.3. The van der Waals surface area contributed by atoms with Crippen molar-refractivity contribution in [3.8, 4) is 0 Å². The van der Waals surface area contributed by atoms with Gasteiger partial charge in [-0.15, -0.1) is 0 Å². The third kappa shape index (κ3) is 3.98. The highest BCUT2D eigenvalue weighted by molar-refractivity contribution is 7.99. The van der Waals surface area contributed by atoms with Crippen LogP contribution in [-0.4, -0.2) is 21.4 Å². The van der Waals surface area contributed by atoms with Gasteiger partial charge in [-0.3, -0.25) is 10.1 Å². The van der Waals surface area contributed by atoms with Crippen molar-refractivity contribution in [3.05, 3.63) is 39.7 Å². The van der Waals surface area contributed by atoms with Crippen molar-refractivity contribution in [2.24, 2.45) is 0 Å². The number of nitro benzene ring substituents is 1. The second-order valence-electron chi connectivity index (χ2n) is 3.80. The summed E-state index contributed by atoms with van der Waals surface area (Å²) in [5.74, 6) is -0.307. The monoisotopic (exact) mass is 259 g/mol. The molecule has 0 heterocycles. The lowest BCUT2D eigenvalue weighted by Gasteiger charge is -2.13. The largest absolute Gasteiger partial charge is 0.392 e. The Morgan fingerprint density at radius 1 is 1.53 bits per heavy atom. The maximum Gasteiger partial charge on any atom is 0.304 e. The molecule has 1 N–H and O–H groups in total. The lowest BCUT2D eigenvalue weighted by atomic mass is 10.2. The number of rotatable bonds is 5. The number of benzene rings is 1. The van der Waals surface area contributed by atoms with E-state index < -0.39 is 22.5 Å². The molecule has 0 aliphatic rings. The van der Waals surface area contributed by atoms with Crippen molar-refractivity contribution in [2.75, 3.05) is 0 Å². The lowest BCUT2D eigenvalue weighted by Crippen LogP contribution is -2.15. The molecule has 2 atom stereocenters. The zero-order valence-corrected chi connectivity index (χ0v) is 10.4. The summed E-state index contributed by atoms with van der Waals surface area (Å²) in [5, 5.41) is 19.7. The van der Waals surface area contributed by atoms with Gasteiger partial charge in [-0.05, 0) is 18.6 Å². The fraction of sp³-hybridized carbons (Fsp3) is 0.455. The molecule has 0 spiro atoms. The van der Waals surface area contributed by atoms with Crippen LogP contribution in [0.4, 0.5) is 10.1 Å². The van der Waals surface area contributed by atoms with E-state index >= 15 is 0 Å². The van der Waals surface area contributed by atoms with E-state index in [9.17, 15) is 19.6 Å². The first-order valence-electron chi connectivity index (χ1n) is 5.14. The third-order valence-electron chi connectivity index (χ3n) is 2.40. The minimum atomic E-state index is -0.821. The molecule has 1 aromatic rings. The highest BCUT2D eigenvalue weighted by Crippen LogP contribution is 2.23. The van der Waals surface area contributed by atoms with Crippen LogP contribution in [-0.2, 0) is 5.75 Å². The first-order valence-corrected chi connectivity index (χ1v) is 6.19. The van der Waals surface area contributed by atoms with Gasteiger partial charge in [-0.2, -0.15) is 16.2 Å². The number of nitrogens with zero attached hydrogens (tertiary/aromatic N) is 1. The molecule has 0 saturated carbocycles. The zero-order valence-electron chi connectivity index (χ0n) is 9.59. The van der Waals surface area contributed by atoms with Gasteiger partial charge in [0.1, 0.15) is 0 Å². The number of hydrogen-bond donors (Lipinski definition) is 1. The van der Waals surface area contributed by atoms with Crippen molar-refractivity contribution in [2.45, 2.75) is 31.0 Å². The Kier molecular flexibility index (Phi) is 4.89. The molecule has 0 saturated heterocycles. The molecule has 0 aromatic heterocycles. The van der Waals surface area contributed by atoms with Crippen molar-refractivity contribution in [3.63, 3.8) is 0 Å². The fourth-order valence-corrected chi connectivity index (χ4v) is 2.07. The second-order valence-corrected chi connectivity index (χ2v) is 5.17. The summed E-state index contributed by atoms with van der Waals surface area (Å²) in [4.78, 5) is 9.67. The summed E-state index contributed by atoms with van der Waals surface area (Å²) in [7, 11) is 0. The zero-order chi connectivity index (χ0) is 13.0. The topological polar surface area (TPSA) is 63.4 Å². The molecule has 1 aromatic carbocycles. The molecule has 2 unspecified atom stereocenters. The Morgan fingerprint density at radius 3 is 2.65 bits per heavy atom. The highest BCUT2D eigenvalue weighted by Gasteiger charge is 2.15. The standard InChI is InChI=1S/C11H14FNO3S/c1-7(14)8(2)17-6-9-3-4-11(13(15)16)10(12)5-9/h3-5,7-8,14H,6H2,1-2H3. The molecule has 17 heavy (non-hydrogen) atoms. The molecule has 0 amide bonds. The van der Waals surface area contributed by atoms with Gasteiger partial charge >= 0.3 is 5.69 Å². The molecule has 0 aliphatic heterocycles. The summed E-state index contributed by atoms with van der Waals surface area (Å²) >= 11 is 1.47. The Balaban J connectivity index is 2.68. The fourth-order valence-electron chi connectivity index (χ4n) is 1.16. The second kappa shape index (κ2) is 5.97. The predicted octanol–water partition coefficient (Wildman–Crippen LogP) is 2.74. The molecule has 1 rings (SSSR count). The van der Waals surface area contributed by atoms with E-state index in [1.165, 1.54) is 23.9 Å². The van der Waals surface area contributed by atoms with E-state index in [0.717, 1.165) is 6.07 Å². The van der Waals surface area contributed by atoms with Crippen molar-refractivity contribution in [1.29, 1.82) is 0 Å². The van der Waals surface area contributed by atoms with Crippen molar-refractivity contribution >= 4 is 17.4 Å². The molecule has 4 nitrogen and oxygen atoms in total. The van der Waals surface area contributed by atoms with Crippen molar-refractivity contribution in [1.82, 2.24) is 0 Å². The minimum absolute atomic E-state index is 0.0354. The number of thioether (sulfide) groups is 1. The van der Waals surface area contributed by atoms with Gasteiger partial charge < -0.3 is 5.11 Å². The Hall–Kier alpha value is -1.14. The molecule has 0 aliphatic carbocycles. The summed E-state index contributed by atoms with van der Waals surface area (Å²) in [6.07, 6.45) is -0.442. The van der Waals surface area contributed by atoms with Crippen LogP contribution in [0, 0.1) is 15.9 Å². The summed E-state index contributed by atoms with van der Waals surface area (Å²) < 4.78 is 13.3. The van der Waals surface area contributed by atoms with Crippen LogP contribution in [0.3, 0.4) is 0 Å². The van der Waals surface area contributed by atoms with E-state index in [-0.39, 0.29) is 5.25 Å². The van der Waals surface area contributed by atoms with E-state index in [0.29, 0.717) is 11.3 Å². The molecular weight excluding hydrogens is 245 g/mol.